The number of carbonyl (C=O) groups excluding carboxylic acids is 1. The van der Waals surface area contributed by atoms with Gasteiger partial charge < -0.3 is 4.74 Å². The van der Waals surface area contributed by atoms with Crippen LogP contribution in [0.25, 0.3) is 0 Å². The highest BCUT2D eigenvalue weighted by Crippen LogP contribution is 1.74. The van der Waals surface area contributed by atoms with E-state index in [0.29, 0.717) is 6.61 Å². The molecule has 0 saturated carbocycles. The van der Waals surface area contributed by atoms with Crippen molar-refractivity contribution in [2.24, 2.45) is 0 Å². The third-order valence-electron chi connectivity index (χ3n) is 0.453. The molecule has 48 valence electrons. The highest BCUT2D eigenvalue weighted by Gasteiger charge is 1.86. The van der Waals surface area contributed by atoms with Crippen LogP contribution in [0.5, 0.6) is 0 Å². The zero-order valence-corrected chi connectivity index (χ0v) is 6.43. The maximum absolute atomic E-state index is 10.1. The van der Waals surface area contributed by atoms with Gasteiger partial charge in [0, 0.05) is 6.08 Å². The van der Waals surface area contributed by atoms with E-state index >= 15 is 0 Å². The number of carbonyl (C=O) groups is 1. The summed E-state index contributed by atoms with van der Waals surface area (Å²) < 4.78 is 4.43. The van der Waals surface area contributed by atoms with Gasteiger partial charge in [0.05, 0.1) is 6.61 Å². The SMILES string of the molecule is Br.C=CC(=O)OCC. The minimum atomic E-state index is -0.359. The average Bonchev–Trinajstić information content (AvgIpc) is 1.68. The molecule has 3 heteroatoms. The van der Waals surface area contributed by atoms with E-state index in [9.17, 15) is 4.79 Å². The van der Waals surface area contributed by atoms with Gasteiger partial charge >= 0.3 is 5.97 Å². The molecule has 0 atom stereocenters. The van der Waals surface area contributed by atoms with Gasteiger partial charge in [-0.25, -0.2) is 4.79 Å². The summed E-state index contributed by atoms with van der Waals surface area (Å²) in [6.45, 7) is 5.38. The molecule has 0 rings (SSSR count). The van der Waals surface area contributed by atoms with E-state index in [1.807, 2.05) is 0 Å². The Balaban J connectivity index is 0. The Bertz CT molecular complexity index is 80.5. The molecule has 0 heterocycles. The zero-order chi connectivity index (χ0) is 5.70. The molecule has 0 saturated heterocycles. The highest BCUT2D eigenvalue weighted by molar-refractivity contribution is 8.93. The first-order valence-corrected chi connectivity index (χ1v) is 2.10. The molecule has 0 spiro atoms. The summed E-state index contributed by atoms with van der Waals surface area (Å²) >= 11 is 0. The Morgan fingerprint density at radius 3 is 2.50 bits per heavy atom. The van der Waals surface area contributed by atoms with Gasteiger partial charge in [0.15, 0.2) is 0 Å². The number of hydrogen-bond donors (Lipinski definition) is 0. The molecule has 0 radical (unpaired) electrons. The standard InChI is InChI=1S/C5H8O2.BrH/c1-3-5(6)7-4-2;/h3H,1,4H2,2H3;1H. The molecule has 0 unspecified atom stereocenters. The molecule has 0 aromatic rings. The lowest BCUT2D eigenvalue weighted by atomic mass is 10.6. The van der Waals surface area contributed by atoms with Crippen molar-refractivity contribution in [3.05, 3.63) is 12.7 Å². The van der Waals surface area contributed by atoms with Gasteiger partial charge in [-0.05, 0) is 6.92 Å². The number of ether oxygens (including phenoxy) is 1. The van der Waals surface area contributed by atoms with Gasteiger partial charge in [0.25, 0.3) is 0 Å². The van der Waals surface area contributed by atoms with E-state index in [2.05, 4.69) is 11.3 Å². The maximum atomic E-state index is 10.1. The van der Waals surface area contributed by atoms with Gasteiger partial charge in [0.2, 0.25) is 0 Å². The van der Waals surface area contributed by atoms with Crippen molar-refractivity contribution in [3.8, 4) is 0 Å². The first kappa shape index (κ1) is 10.6. The molecule has 0 amide bonds. The summed E-state index contributed by atoms with van der Waals surface area (Å²) in [6.07, 6.45) is 1.14. The van der Waals surface area contributed by atoms with Crippen molar-refractivity contribution in [2.75, 3.05) is 6.61 Å². The molecular weight excluding hydrogens is 172 g/mol. The van der Waals surface area contributed by atoms with Crippen LogP contribution in [0, 0.1) is 0 Å². The Kier molecular flexibility index (Phi) is 8.89. The topological polar surface area (TPSA) is 26.3 Å². The van der Waals surface area contributed by atoms with Gasteiger partial charge in [0.1, 0.15) is 0 Å². The third kappa shape index (κ3) is 5.69. The van der Waals surface area contributed by atoms with E-state index in [0.717, 1.165) is 6.08 Å². The van der Waals surface area contributed by atoms with Crippen LogP contribution in [0.3, 0.4) is 0 Å². The van der Waals surface area contributed by atoms with Crippen molar-refractivity contribution in [3.63, 3.8) is 0 Å². The molecule has 0 bridgehead atoms. The quantitative estimate of drug-likeness (QED) is 0.474. The van der Waals surface area contributed by atoms with Crippen LogP contribution in [-0.4, -0.2) is 12.6 Å². The van der Waals surface area contributed by atoms with E-state index in [1.54, 1.807) is 6.92 Å². The second-order valence-electron chi connectivity index (χ2n) is 0.956. The molecular formula is C5H9BrO2. The fourth-order valence-corrected chi connectivity index (χ4v) is 0.201. The molecule has 0 aliphatic rings. The van der Waals surface area contributed by atoms with Crippen LogP contribution in [-0.2, 0) is 9.53 Å². The van der Waals surface area contributed by atoms with Crippen LogP contribution in [0.1, 0.15) is 6.92 Å². The lowest BCUT2D eigenvalue weighted by molar-refractivity contribution is -0.137. The Labute approximate surface area is 59.3 Å². The minimum Gasteiger partial charge on any atom is -0.463 e. The first-order chi connectivity index (χ1) is 3.31. The number of hydrogen-bond acceptors (Lipinski definition) is 2. The lowest BCUT2D eigenvalue weighted by Gasteiger charge is -1.90. The molecule has 0 aromatic heterocycles. The number of halogens is 1. The van der Waals surface area contributed by atoms with Crippen LogP contribution in [0.4, 0.5) is 0 Å². The predicted octanol–water partition coefficient (Wildman–Crippen LogP) is 1.31. The number of esters is 1. The summed E-state index contributed by atoms with van der Waals surface area (Å²) in [4.78, 5) is 10.1. The Morgan fingerprint density at radius 1 is 1.88 bits per heavy atom. The average molecular weight is 181 g/mol. The second-order valence-corrected chi connectivity index (χ2v) is 0.956. The normalized spacial score (nSPS) is 6.62. The molecule has 0 fully saturated rings. The van der Waals surface area contributed by atoms with Crippen LogP contribution < -0.4 is 0 Å². The minimum absolute atomic E-state index is 0. The summed E-state index contributed by atoms with van der Waals surface area (Å²) in [5, 5.41) is 0. The monoisotopic (exact) mass is 180 g/mol. The molecule has 0 aliphatic heterocycles. The maximum Gasteiger partial charge on any atom is 0.330 e. The summed E-state index contributed by atoms with van der Waals surface area (Å²) in [7, 11) is 0. The Morgan fingerprint density at radius 2 is 2.38 bits per heavy atom. The molecule has 8 heavy (non-hydrogen) atoms. The van der Waals surface area contributed by atoms with Gasteiger partial charge in [-0.15, -0.1) is 17.0 Å². The van der Waals surface area contributed by atoms with Crippen molar-refractivity contribution in [1.29, 1.82) is 0 Å². The van der Waals surface area contributed by atoms with Crippen LogP contribution in [0.15, 0.2) is 12.7 Å². The van der Waals surface area contributed by atoms with E-state index in [4.69, 9.17) is 0 Å². The van der Waals surface area contributed by atoms with E-state index in [-0.39, 0.29) is 23.0 Å². The van der Waals surface area contributed by atoms with E-state index in [1.165, 1.54) is 0 Å². The predicted molar refractivity (Wildman–Crippen MR) is 37.2 cm³/mol. The van der Waals surface area contributed by atoms with Gasteiger partial charge in [-0.3, -0.25) is 0 Å². The fraction of sp³-hybridized carbons (Fsp3) is 0.400. The summed E-state index contributed by atoms with van der Waals surface area (Å²) in [5.41, 5.74) is 0. The highest BCUT2D eigenvalue weighted by atomic mass is 79.9. The molecule has 0 N–H and O–H groups in total. The Hall–Kier alpha value is -0.310. The zero-order valence-electron chi connectivity index (χ0n) is 4.72. The lowest BCUT2D eigenvalue weighted by Crippen LogP contribution is -1.97. The summed E-state index contributed by atoms with van der Waals surface area (Å²) in [6, 6.07) is 0. The molecule has 0 aliphatic carbocycles. The molecule has 2 nitrogen and oxygen atoms in total. The largest absolute Gasteiger partial charge is 0.463 e. The van der Waals surface area contributed by atoms with Crippen LogP contribution in [0.2, 0.25) is 0 Å². The van der Waals surface area contributed by atoms with E-state index < -0.39 is 0 Å². The molecule has 0 aromatic carbocycles. The van der Waals surface area contributed by atoms with Crippen molar-refractivity contribution >= 4 is 23.0 Å². The van der Waals surface area contributed by atoms with Crippen molar-refractivity contribution < 1.29 is 9.53 Å². The fourth-order valence-electron chi connectivity index (χ4n) is 0.201. The third-order valence-corrected chi connectivity index (χ3v) is 0.453. The first-order valence-electron chi connectivity index (χ1n) is 2.10. The smallest absolute Gasteiger partial charge is 0.330 e. The van der Waals surface area contributed by atoms with Gasteiger partial charge in [-0.2, -0.15) is 0 Å². The van der Waals surface area contributed by atoms with Crippen LogP contribution >= 0.6 is 17.0 Å². The number of rotatable bonds is 2. The summed E-state index contributed by atoms with van der Waals surface area (Å²) in [5.74, 6) is -0.359. The van der Waals surface area contributed by atoms with Crippen molar-refractivity contribution in [1.82, 2.24) is 0 Å². The van der Waals surface area contributed by atoms with Crippen molar-refractivity contribution in [2.45, 2.75) is 6.92 Å². The van der Waals surface area contributed by atoms with Gasteiger partial charge in [-0.1, -0.05) is 6.58 Å². The second kappa shape index (κ2) is 6.69.